The lowest BCUT2D eigenvalue weighted by Gasteiger charge is -2.30. The van der Waals surface area contributed by atoms with Crippen LogP contribution in [0.1, 0.15) is 26.2 Å². The Morgan fingerprint density at radius 3 is 2.59 bits per heavy atom. The van der Waals surface area contributed by atoms with Crippen LogP contribution in [0, 0.1) is 5.92 Å². The molecule has 0 radical (unpaired) electrons. The zero-order valence-corrected chi connectivity index (χ0v) is 9.51. The van der Waals surface area contributed by atoms with Crippen LogP contribution in [0.25, 0.3) is 0 Å². The summed E-state index contributed by atoms with van der Waals surface area (Å²) in [6.45, 7) is 2.20. The fourth-order valence-electron chi connectivity index (χ4n) is 1.62. The molecule has 0 aromatic heterocycles. The van der Waals surface area contributed by atoms with Gasteiger partial charge in [0.05, 0.1) is 5.92 Å². The fourth-order valence-corrected chi connectivity index (χ4v) is 1.62. The number of carbonyl (C=O) groups is 2. The standard InChI is InChI=1S/C10H15F3N2O2/c1-7-6-15(9(17)14-8(7)16)5-3-2-4-10(11,12)13/h7H,2-6H2,1H3,(H,14,16,17). The first-order chi connectivity index (χ1) is 7.79. The molecule has 1 aliphatic heterocycles. The van der Waals surface area contributed by atoms with Crippen molar-refractivity contribution in [3.8, 4) is 0 Å². The number of nitrogens with zero attached hydrogens (tertiary/aromatic N) is 1. The maximum atomic E-state index is 11.9. The van der Waals surface area contributed by atoms with Crippen LogP contribution in [0.3, 0.4) is 0 Å². The SMILES string of the molecule is CC1CN(CCCCC(F)(F)F)C(=O)NC1=O. The molecule has 3 amide bonds. The van der Waals surface area contributed by atoms with Crippen molar-refractivity contribution in [1.29, 1.82) is 0 Å². The lowest BCUT2D eigenvalue weighted by molar-refractivity contribution is -0.135. The summed E-state index contributed by atoms with van der Waals surface area (Å²) in [5, 5.41) is 2.16. The van der Waals surface area contributed by atoms with Gasteiger partial charge >= 0.3 is 12.2 Å². The van der Waals surface area contributed by atoms with Gasteiger partial charge in [0.15, 0.2) is 0 Å². The number of urea groups is 1. The molecule has 1 heterocycles. The molecule has 1 N–H and O–H groups in total. The summed E-state index contributed by atoms with van der Waals surface area (Å²) in [7, 11) is 0. The molecular weight excluding hydrogens is 237 g/mol. The van der Waals surface area contributed by atoms with Crippen molar-refractivity contribution in [1.82, 2.24) is 10.2 Å². The van der Waals surface area contributed by atoms with Crippen LogP contribution in [0.5, 0.6) is 0 Å². The zero-order valence-electron chi connectivity index (χ0n) is 9.51. The first-order valence-corrected chi connectivity index (χ1v) is 5.46. The first-order valence-electron chi connectivity index (χ1n) is 5.46. The molecule has 0 aromatic carbocycles. The third kappa shape index (κ3) is 4.62. The number of hydrogen-bond acceptors (Lipinski definition) is 2. The number of amides is 3. The van der Waals surface area contributed by atoms with E-state index in [1.807, 2.05) is 0 Å². The second kappa shape index (κ2) is 5.37. The lowest BCUT2D eigenvalue weighted by atomic mass is 10.1. The molecule has 1 unspecified atom stereocenters. The predicted molar refractivity (Wildman–Crippen MR) is 54.2 cm³/mol. The number of imide groups is 1. The molecule has 0 spiro atoms. The minimum absolute atomic E-state index is 0.00436. The molecule has 1 saturated heterocycles. The molecule has 0 aromatic rings. The Bertz CT molecular complexity index is 304. The van der Waals surface area contributed by atoms with Gasteiger partial charge in [-0.15, -0.1) is 0 Å². The topological polar surface area (TPSA) is 49.4 Å². The molecule has 0 saturated carbocycles. The van der Waals surface area contributed by atoms with E-state index >= 15 is 0 Å². The van der Waals surface area contributed by atoms with Gasteiger partial charge in [0.25, 0.3) is 0 Å². The van der Waals surface area contributed by atoms with Crippen molar-refractivity contribution >= 4 is 11.9 Å². The fraction of sp³-hybridized carbons (Fsp3) is 0.800. The van der Waals surface area contributed by atoms with E-state index in [1.165, 1.54) is 4.90 Å². The highest BCUT2D eigenvalue weighted by molar-refractivity contribution is 5.97. The van der Waals surface area contributed by atoms with E-state index in [0.29, 0.717) is 0 Å². The number of rotatable bonds is 4. The van der Waals surface area contributed by atoms with Gasteiger partial charge < -0.3 is 4.90 Å². The quantitative estimate of drug-likeness (QED) is 0.777. The number of hydrogen-bond donors (Lipinski definition) is 1. The number of alkyl halides is 3. The molecule has 1 rings (SSSR count). The number of unbranched alkanes of at least 4 members (excludes halogenated alkanes) is 1. The summed E-state index contributed by atoms with van der Waals surface area (Å²) < 4.78 is 35.6. The zero-order chi connectivity index (χ0) is 13.1. The van der Waals surface area contributed by atoms with Crippen LogP contribution in [-0.2, 0) is 4.79 Å². The van der Waals surface area contributed by atoms with Crippen molar-refractivity contribution in [2.24, 2.45) is 5.92 Å². The molecule has 1 fully saturated rings. The van der Waals surface area contributed by atoms with E-state index < -0.39 is 18.6 Å². The van der Waals surface area contributed by atoms with Gasteiger partial charge in [0, 0.05) is 19.5 Å². The molecule has 17 heavy (non-hydrogen) atoms. The summed E-state index contributed by atoms with van der Waals surface area (Å²) >= 11 is 0. The van der Waals surface area contributed by atoms with Crippen LogP contribution >= 0.6 is 0 Å². The van der Waals surface area contributed by atoms with Gasteiger partial charge in [-0.05, 0) is 12.8 Å². The molecule has 1 atom stereocenters. The monoisotopic (exact) mass is 252 g/mol. The van der Waals surface area contributed by atoms with Crippen molar-refractivity contribution < 1.29 is 22.8 Å². The summed E-state index contributed by atoms with van der Waals surface area (Å²) in [6.07, 6.45) is -4.70. The summed E-state index contributed by atoms with van der Waals surface area (Å²) in [5.41, 5.74) is 0. The van der Waals surface area contributed by atoms with Gasteiger partial charge in [0.2, 0.25) is 5.91 Å². The Balaban J connectivity index is 2.27. The number of nitrogens with one attached hydrogen (secondary N) is 1. The Labute approximate surface area is 97.1 Å². The Hall–Kier alpha value is -1.27. The Morgan fingerprint density at radius 2 is 2.00 bits per heavy atom. The maximum Gasteiger partial charge on any atom is 0.389 e. The van der Waals surface area contributed by atoms with E-state index in [9.17, 15) is 22.8 Å². The second-order valence-corrected chi connectivity index (χ2v) is 4.21. The minimum Gasteiger partial charge on any atom is -0.324 e. The van der Waals surface area contributed by atoms with E-state index in [-0.39, 0.29) is 37.8 Å². The van der Waals surface area contributed by atoms with Crippen molar-refractivity contribution in [2.45, 2.75) is 32.4 Å². The normalized spacial score (nSPS) is 21.6. The van der Waals surface area contributed by atoms with Gasteiger partial charge in [-0.2, -0.15) is 13.2 Å². The van der Waals surface area contributed by atoms with E-state index in [1.54, 1.807) is 6.92 Å². The average Bonchev–Trinajstić information content (AvgIpc) is 2.18. The lowest BCUT2D eigenvalue weighted by Crippen LogP contribution is -2.53. The smallest absolute Gasteiger partial charge is 0.324 e. The Morgan fingerprint density at radius 1 is 1.35 bits per heavy atom. The molecule has 7 heteroatoms. The van der Waals surface area contributed by atoms with Crippen molar-refractivity contribution in [2.75, 3.05) is 13.1 Å². The van der Waals surface area contributed by atoms with Crippen molar-refractivity contribution in [3.05, 3.63) is 0 Å². The van der Waals surface area contributed by atoms with Gasteiger partial charge in [0.1, 0.15) is 0 Å². The minimum atomic E-state index is -4.15. The molecule has 98 valence electrons. The predicted octanol–water partition coefficient (Wildman–Crippen LogP) is 1.91. The molecular formula is C10H15F3N2O2. The largest absolute Gasteiger partial charge is 0.389 e. The summed E-state index contributed by atoms with van der Waals surface area (Å²) in [5.74, 6) is -0.642. The highest BCUT2D eigenvalue weighted by Gasteiger charge is 2.29. The third-order valence-electron chi connectivity index (χ3n) is 2.60. The van der Waals surface area contributed by atoms with Crippen LogP contribution in [0.2, 0.25) is 0 Å². The van der Waals surface area contributed by atoms with Crippen LogP contribution in [-0.4, -0.2) is 36.1 Å². The van der Waals surface area contributed by atoms with Gasteiger partial charge in [-0.25, -0.2) is 4.79 Å². The third-order valence-corrected chi connectivity index (χ3v) is 2.60. The van der Waals surface area contributed by atoms with Crippen LogP contribution in [0.15, 0.2) is 0 Å². The number of halogens is 3. The number of carbonyl (C=O) groups excluding carboxylic acids is 2. The highest BCUT2D eigenvalue weighted by atomic mass is 19.4. The van der Waals surface area contributed by atoms with Gasteiger partial charge in [-0.3, -0.25) is 10.1 Å². The molecule has 0 aliphatic carbocycles. The van der Waals surface area contributed by atoms with Crippen LogP contribution < -0.4 is 5.32 Å². The van der Waals surface area contributed by atoms with Crippen molar-refractivity contribution in [3.63, 3.8) is 0 Å². The van der Waals surface area contributed by atoms with E-state index in [0.717, 1.165) is 0 Å². The highest BCUT2D eigenvalue weighted by Crippen LogP contribution is 2.22. The van der Waals surface area contributed by atoms with E-state index in [2.05, 4.69) is 5.32 Å². The molecule has 1 aliphatic rings. The maximum absolute atomic E-state index is 11.9. The molecule has 0 bridgehead atoms. The van der Waals surface area contributed by atoms with Gasteiger partial charge in [-0.1, -0.05) is 6.92 Å². The molecule has 4 nitrogen and oxygen atoms in total. The van der Waals surface area contributed by atoms with Crippen LogP contribution in [0.4, 0.5) is 18.0 Å². The Kier molecular flexibility index (Phi) is 4.36. The first kappa shape index (κ1) is 13.8. The summed E-state index contributed by atoms with van der Waals surface area (Å²) in [6, 6.07) is -0.514. The van der Waals surface area contributed by atoms with E-state index in [4.69, 9.17) is 0 Å². The second-order valence-electron chi connectivity index (χ2n) is 4.21. The summed E-state index contributed by atoms with van der Waals surface area (Å²) in [4.78, 5) is 23.8. The average molecular weight is 252 g/mol.